The van der Waals surface area contributed by atoms with Crippen LogP contribution < -0.4 is 9.92 Å². The molecule has 0 aliphatic heterocycles. The van der Waals surface area contributed by atoms with E-state index < -0.39 is 33.4 Å². The van der Waals surface area contributed by atoms with E-state index in [4.69, 9.17) is 5.73 Å². The van der Waals surface area contributed by atoms with Gasteiger partial charge in [0.15, 0.2) is 0 Å². The molecule has 2 N–H and O–H groups in total. The fourth-order valence-corrected chi connectivity index (χ4v) is 1.80. The summed E-state index contributed by atoms with van der Waals surface area (Å²) in [4.78, 5) is 11.1. The summed E-state index contributed by atoms with van der Waals surface area (Å²) in [6.45, 7) is 0. The maximum atomic E-state index is 12.1. The molecule has 0 aliphatic rings. The molecular weight excluding hydrogens is 351 g/mol. The molecule has 0 amide bonds. The first kappa shape index (κ1) is 20.5. The molecule has 0 bridgehead atoms. The number of alkyl halides is 3. The van der Waals surface area contributed by atoms with Crippen molar-refractivity contribution in [3.8, 4) is 5.75 Å². The van der Waals surface area contributed by atoms with Gasteiger partial charge in [-0.25, -0.2) is 0 Å². The predicted octanol–water partition coefficient (Wildman–Crippen LogP) is 1.38. The van der Waals surface area contributed by atoms with Crippen LogP contribution in [0.25, 0.3) is 0 Å². The Hall–Kier alpha value is -1.52. The summed E-state index contributed by atoms with van der Waals surface area (Å²) < 4.78 is 66.3. The molecule has 0 heterocycles. The first-order valence-electron chi connectivity index (χ1n) is 5.50. The van der Waals surface area contributed by atoms with E-state index in [9.17, 15) is 26.4 Å². The molecule has 0 aliphatic carbocycles. The van der Waals surface area contributed by atoms with E-state index in [-0.39, 0.29) is 18.8 Å². The number of carbonyl (C=O) groups is 1. The van der Waals surface area contributed by atoms with Gasteiger partial charge in [0.25, 0.3) is 0 Å². The number of esters is 1. The Balaban J connectivity index is 0.00000441. The van der Waals surface area contributed by atoms with E-state index in [1.807, 2.05) is 0 Å². The third kappa shape index (κ3) is 5.35. The molecule has 1 atom stereocenters. The first-order chi connectivity index (χ1) is 9.56. The molecule has 0 fully saturated rings. The topological polar surface area (TPSA) is 95.7 Å². The minimum atomic E-state index is -5.70. The minimum Gasteiger partial charge on any atom is -0.468 e. The van der Waals surface area contributed by atoms with Crippen molar-refractivity contribution in [3.05, 3.63) is 29.8 Å². The van der Waals surface area contributed by atoms with Crippen LogP contribution in [0, 0.1) is 0 Å². The number of nitrogens with two attached hydrogens (primary N) is 1. The number of halogens is 4. The van der Waals surface area contributed by atoms with Gasteiger partial charge in [-0.2, -0.15) is 21.6 Å². The van der Waals surface area contributed by atoms with Gasteiger partial charge in [-0.3, -0.25) is 4.79 Å². The molecule has 0 aromatic heterocycles. The second-order valence-corrected chi connectivity index (χ2v) is 5.50. The Labute approximate surface area is 130 Å². The molecule has 0 saturated carbocycles. The van der Waals surface area contributed by atoms with E-state index in [1.54, 1.807) is 0 Å². The highest BCUT2D eigenvalue weighted by Gasteiger charge is 2.48. The highest BCUT2D eigenvalue weighted by Crippen LogP contribution is 2.27. The summed E-state index contributed by atoms with van der Waals surface area (Å²) in [5, 5.41) is 0. The fourth-order valence-electron chi connectivity index (χ4n) is 1.34. The number of ether oxygens (including phenoxy) is 1. The van der Waals surface area contributed by atoms with E-state index in [1.165, 1.54) is 19.2 Å². The van der Waals surface area contributed by atoms with Crippen molar-refractivity contribution in [2.24, 2.45) is 5.73 Å². The van der Waals surface area contributed by atoms with Crippen molar-refractivity contribution in [2.45, 2.75) is 18.0 Å². The average Bonchev–Trinajstić information content (AvgIpc) is 2.38. The van der Waals surface area contributed by atoms with Crippen LogP contribution in [-0.2, 0) is 26.1 Å². The zero-order valence-electron chi connectivity index (χ0n) is 11.2. The Morgan fingerprint density at radius 1 is 1.27 bits per heavy atom. The zero-order chi connectivity index (χ0) is 16.3. The zero-order valence-corrected chi connectivity index (χ0v) is 12.8. The van der Waals surface area contributed by atoms with E-state index >= 15 is 0 Å². The molecule has 11 heteroatoms. The van der Waals surface area contributed by atoms with Crippen LogP contribution in [0.2, 0.25) is 0 Å². The Kier molecular flexibility index (Phi) is 7.13. The Morgan fingerprint density at radius 3 is 2.18 bits per heavy atom. The van der Waals surface area contributed by atoms with Crippen molar-refractivity contribution in [1.29, 1.82) is 0 Å². The third-order valence-corrected chi connectivity index (χ3v) is 3.35. The average molecular weight is 364 g/mol. The van der Waals surface area contributed by atoms with Crippen molar-refractivity contribution in [2.75, 3.05) is 7.11 Å². The molecule has 1 rings (SSSR count). The largest absolute Gasteiger partial charge is 0.534 e. The van der Waals surface area contributed by atoms with Gasteiger partial charge in [-0.15, -0.1) is 12.4 Å². The van der Waals surface area contributed by atoms with Crippen LogP contribution in [0.1, 0.15) is 5.56 Å². The molecule has 0 saturated heterocycles. The second-order valence-electron chi connectivity index (χ2n) is 3.96. The molecule has 6 nitrogen and oxygen atoms in total. The van der Waals surface area contributed by atoms with Gasteiger partial charge < -0.3 is 14.7 Å². The molecule has 0 unspecified atom stereocenters. The third-order valence-electron chi connectivity index (χ3n) is 2.37. The quantitative estimate of drug-likeness (QED) is 0.482. The Morgan fingerprint density at radius 2 is 1.77 bits per heavy atom. The van der Waals surface area contributed by atoms with Crippen LogP contribution in [0.3, 0.4) is 0 Å². The van der Waals surface area contributed by atoms with Crippen molar-refractivity contribution in [3.63, 3.8) is 0 Å². The first-order valence-corrected chi connectivity index (χ1v) is 6.91. The summed E-state index contributed by atoms with van der Waals surface area (Å²) >= 11 is 0. The number of hydrogen-bond donors (Lipinski definition) is 1. The maximum absolute atomic E-state index is 12.1. The van der Waals surface area contributed by atoms with Gasteiger partial charge in [0.05, 0.1) is 7.11 Å². The lowest BCUT2D eigenvalue weighted by molar-refractivity contribution is -0.142. The van der Waals surface area contributed by atoms with Crippen molar-refractivity contribution < 1.29 is 35.3 Å². The molecule has 1 aromatic rings. The summed E-state index contributed by atoms with van der Waals surface area (Å²) in [5.41, 5.74) is 0.509. The lowest BCUT2D eigenvalue weighted by Gasteiger charge is -2.11. The van der Waals surface area contributed by atoms with Crippen LogP contribution in [0.5, 0.6) is 5.75 Å². The Bertz CT molecular complexity index is 603. The van der Waals surface area contributed by atoms with Crippen LogP contribution in [0.15, 0.2) is 24.3 Å². The maximum Gasteiger partial charge on any atom is 0.534 e. The standard InChI is InChI=1S/C11H12F3NO5S.ClH/c1-19-10(16)9(15)6-7-2-4-8(5-3-7)20-21(17,18)11(12,13)14;/h2-5,9H,6,15H2,1H3;1H/t9-;/m0./s1. The summed E-state index contributed by atoms with van der Waals surface area (Å²) in [5.74, 6) is -1.14. The normalized spacial score (nSPS) is 13.0. The van der Waals surface area contributed by atoms with Gasteiger partial charge in [-0.05, 0) is 24.1 Å². The minimum absolute atomic E-state index is 0. The monoisotopic (exact) mass is 363 g/mol. The molecule has 1 aromatic carbocycles. The van der Waals surface area contributed by atoms with Gasteiger partial charge in [0.1, 0.15) is 11.8 Å². The summed E-state index contributed by atoms with van der Waals surface area (Å²) in [6, 6.07) is 3.72. The van der Waals surface area contributed by atoms with Gasteiger partial charge in [-0.1, -0.05) is 12.1 Å². The van der Waals surface area contributed by atoms with Gasteiger partial charge in [0, 0.05) is 0 Å². The lowest BCUT2D eigenvalue weighted by atomic mass is 10.1. The van der Waals surface area contributed by atoms with Crippen molar-refractivity contribution >= 4 is 28.5 Å². The number of benzene rings is 1. The highest BCUT2D eigenvalue weighted by molar-refractivity contribution is 7.87. The van der Waals surface area contributed by atoms with Gasteiger partial charge in [0.2, 0.25) is 0 Å². The van der Waals surface area contributed by atoms with E-state index in [2.05, 4.69) is 8.92 Å². The molecule has 126 valence electrons. The summed E-state index contributed by atoms with van der Waals surface area (Å²) in [7, 11) is -4.54. The van der Waals surface area contributed by atoms with Crippen molar-refractivity contribution in [1.82, 2.24) is 0 Å². The fraction of sp³-hybridized carbons (Fsp3) is 0.364. The van der Waals surface area contributed by atoms with Crippen LogP contribution in [-0.4, -0.2) is 33.0 Å². The number of rotatable bonds is 5. The lowest BCUT2D eigenvalue weighted by Crippen LogP contribution is -2.33. The van der Waals surface area contributed by atoms with Crippen LogP contribution >= 0.6 is 12.4 Å². The molecule has 0 radical (unpaired) electrons. The smallest absolute Gasteiger partial charge is 0.468 e. The molecule has 0 spiro atoms. The van der Waals surface area contributed by atoms with E-state index in [0.29, 0.717) is 5.56 Å². The predicted molar refractivity (Wildman–Crippen MR) is 73.0 cm³/mol. The summed E-state index contributed by atoms with van der Waals surface area (Å²) in [6.07, 6.45) is 0.0823. The highest BCUT2D eigenvalue weighted by atomic mass is 35.5. The number of methoxy groups -OCH3 is 1. The van der Waals surface area contributed by atoms with E-state index in [0.717, 1.165) is 12.1 Å². The van der Waals surface area contributed by atoms with Gasteiger partial charge >= 0.3 is 21.6 Å². The van der Waals surface area contributed by atoms with Crippen LogP contribution in [0.4, 0.5) is 13.2 Å². The SMILES string of the molecule is COC(=O)[C@@H](N)Cc1ccc(OS(=O)(=O)C(F)(F)F)cc1.Cl. The molecular formula is C11H13ClF3NO5S. The number of carbonyl (C=O) groups excluding carboxylic acids is 1. The second kappa shape index (κ2) is 7.65. The number of hydrogen-bond acceptors (Lipinski definition) is 6. The molecule has 22 heavy (non-hydrogen) atoms.